The van der Waals surface area contributed by atoms with Crippen molar-refractivity contribution in [2.45, 2.75) is 0 Å². The minimum Gasteiger partial charge on any atom is -0.503 e. The number of carbonyl (C=O) groups excluding carboxylic acids is 2. The van der Waals surface area contributed by atoms with E-state index in [9.17, 15) is 24.8 Å². The summed E-state index contributed by atoms with van der Waals surface area (Å²) in [5.74, 6) is -1.30. The number of non-ortho nitro benzene ring substituents is 1. The van der Waals surface area contributed by atoms with Gasteiger partial charge in [0.1, 0.15) is 0 Å². The molecule has 2 amide bonds. The summed E-state index contributed by atoms with van der Waals surface area (Å²) >= 11 is 3.19. The molecule has 0 saturated heterocycles. The van der Waals surface area contributed by atoms with Gasteiger partial charge >= 0.3 is 0 Å². The Balaban J connectivity index is 1.79. The summed E-state index contributed by atoms with van der Waals surface area (Å²) in [4.78, 5) is 36.6. The zero-order chi connectivity index (χ0) is 21.6. The molecule has 3 aromatic rings. The maximum absolute atomic E-state index is 12.9. The number of hydrogen-bond acceptors (Lipinski definition) is 7. The lowest BCUT2D eigenvalue weighted by Gasteiger charge is -2.23. The number of nitro groups is 1. The van der Waals surface area contributed by atoms with Crippen LogP contribution in [0.5, 0.6) is 11.5 Å². The average molecular weight is 470 g/mol. The van der Waals surface area contributed by atoms with Crippen molar-refractivity contribution < 1.29 is 24.4 Å². The zero-order valence-corrected chi connectivity index (χ0v) is 16.9. The molecule has 0 bridgehead atoms. The second-order valence-corrected chi connectivity index (χ2v) is 7.19. The quantitative estimate of drug-likeness (QED) is 0.268. The van der Waals surface area contributed by atoms with E-state index in [1.165, 1.54) is 55.8 Å². The van der Waals surface area contributed by atoms with E-state index in [2.05, 4.69) is 21.0 Å². The molecule has 1 N–H and O–H groups in total. The highest BCUT2D eigenvalue weighted by Crippen LogP contribution is 2.36. The van der Waals surface area contributed by atoms with Gasteiger partial charge in [0.15, 0.2) is 11.5 Å². The lowest BCUT2D eigenvalue weighted by Crippen LogP contribution is -2.36. The lowest BCUT2D eigenvalue weighted by molar-refractivity contribution is -0.383. The molecule has 1 aliphatic rings. The van der Waals surface area contributed by atoms with Gasteiger partial charge in [-0.2, -0.15) is 10.1 Å². The van der Waals surface area contributed by atoms with E-state index < -0.39 is 16.7 Å². The normalized spacial score (nSPS) is 13.3. The SMILES string of the molecule is COc1cc(/C=N/N2C(=O)c3cccc4c([N+](=O)[O-])ccc(c34)C2=O)cc(Br)c1O. The van der Waals surface area contributed by atoms with Crippen LogP contribution in [-0.2, 0) is 0 Å². The Hall–Kier alpha value is -3.79. The third-order valence-corrected chi connectivity index (χ3v) is 5.26. The summed E-state index contributed by atoms with van der Waals surface area (Å²) in [5.41, 5.74) is 0.568. The van der Waals surface area contributed by atoms with Crippen LogP contribution in [0.2, 0.25) is 0 Å². The molecular formula is C20H12BrN3O6. The number of imide groups is 1. The molecule has 4 rings (SSSR count). The van der Waals surface area contributed by atoms with Crippen LogP contribution in [0.3, 0.4) is 0 Å². The van der Waals surface area contributed by atoms with Crippen LogP contribution in [0, 0.1) is 10.1 Å². The number of rotatable bonds is 4. The highest BCUT2D eigenvalue weighted by Gasteiger charge is 2.34. The molecule has 0 fully saturated rings. The van der Waals surface area contributed by atoms with Crippen LogP contribution in [0.25, 0.3) is 10.8 Å². The number of amides is 2. The summed E-state index contributed by atoms with van der Waals surface area (Å²) in [5, 5.41) is 26.4. The summed E-state index contributed by atoms with van der Waals surface area (Å²) in [6.45, 7) is 0. The van der Waals surface area contributed by atoms with Crippen molar-refractivity contribution in [3.05, 3.63) is 73.7 Å². The molecular weight excluding hydrogens is 458 g/mol. The van der Waals surface area contributed by atoms with Gasteiger partial charge in [0, 0.05) is 11.5 Å². The van der Waals surface area contributed by atoms with Gasteiger partial charge in [0.25, 0.3) is 17.5 Å². The second kappa shape index (κ2) is 7.23. The van der Waals surface area contributed by atoms with Gasteiger partial charge in [-0.05, 0) is 51.8 Å². The second-order valence-electron chi connectivity index (χ2n) is 6.34. The fraction of sp³-hybridized carbons (Fsp3) is 0.0500. The minimum absolute atomic E-state index is 0.0954. The van der Waals surface area contributed by atoms with E-state index >= 15 is 0 Å². The summed E-state index contributed by atoms with van der Waals surface area (Å²) in [7, 11) is 1.39. The Labute approximate surface area is 177 Å². The van der Waals surface area contributed by atoms with Crippen LogP contribution in [0.1, 0.15) is 26.3 Å². The van der Waals surface area contributed by atoms with E-state index in [4.69, 9.17) is 4.74 Å². The number of ether oxygens (including phenoxy) is 1. The number of carbonyl (C=O) groups is 2. The van der Waals surface area contributed by atoms with Crippen molar-refractivity contribution >= 4 is 50.4 Å². The van der Waals surface area contributed by atoms with E-state index in [1.54, 1.807) is 0 Å². The Bertz CT molecular complexity index is 1270. The van der Waals surface area contributed by atoms with E-state index in [1.807, 2.05) is 0 Å². The van der Waals surface area contributed by atoms with Crippen molar-refractivity contribution in [1.29, 1.82) is 0 Å². The first-order valence-corrected chi connectivity index (χ1v) is 9.32. The highest BCUT2D eigenvalue weighted by atomic mass is 79.9. The maximum Gasteiger partial charge on any atom is 0.282 e. The van der Waals surface area contributed by atoms with E-state index in [0.717, 1.165) is 0 Å². The van der Waals surface area contributed by atoms with E-state index in [-0.39, 0.29) is 39.1 Å². The number of aromatic hydroxyl groups is 1. The van der Waals surface area contributed by atoms with Gasteiger partial charge in [-0.15, -0.1) is 0 Å². The molecule has 0 unspecified atom stereocenters. The lowest BCUT2D eigenvalue weighted by atomic mass is 9.94. The summed E-state index contributed by atoms with van der Waals surface area (Å²) in [6.07, 6.45) is 1.28. The molecule has 30 heavy (non-hydrogen) atoms. The van der Waals surface area contributed by atoms with Crippen molar-refractivity contribution in [3.63, 3.8) is 0 Å². The molecule has 0 spiro atoms. The van der Waals surface area contributed by atoms with Crippen molar-refractivity contribution in [2.75, 3.05) is 7.11 Å². The average Bonchev–Trinajstić information content (AvgIpc) is 2.73. The summed E-state index contributed by atoms with van der Waals surface area (Å²) < 4.78 is 5.42. The molecule has 0 radical (unpaired) electrons. The first kappa shape index (κ1) is 19.5. The Morgan fingerprint density at radius 2 is 1.87 bits per heavy atom. The highest BCUT2D eigenvalue weighted by molar-refractivity contribution is 9.10. The third kappa shape index (κ3) is 2.98. The molecule has 0 aliphatic carbocycles. The number of phenols is 1. The van der Waals surface area contributed by atoms with Gasteiger partial charge in [0.05, 0.1) is 39.2 Å². The monoisotopic (exact) mass is 469 g/mol. The van der Waals surface area contributed by atoms with Gasteiger partial charge in [-0.1, -0.05) is 6.07 Å². The molecule has 1 heterocycles. The first-order valence-electron chi connectivity index (χ1n) is 8.53. The van der Waals surface area contributed by atoms with Crippen molar-refractivity contribution in [2.24, 2.45) is 5.10 Å². The number of nitro benzene ring substituents is 1. The molecule has 150 valence electrons. The van der Waals surface area contributed by atoms with Crippen LogP contribution in [0.4, 0.5) is 5.69 Å². The fourth-order valence-electron chi connectivity index (χ4n) is 3.28. The number of methoxy groups -OCH3 is 1. The van der Waals surface area contributed by atoms with Gasteiger partial charge in [0.2, 0.25) is 0 Å². The Morgan fingerprint density at radius 1 is 1.17 bits per heavy atom. The van der Waals surface area contributed by atoms with Crippen molar-refractivity contribution in [3.8, 4) is 11.5 Å². The Kier molecular flexibility index (Phi) is 4.70. The molecule has 1 aliphatic heterocycles. The van der Waals surface area contributed by atoms with Crippen molar-refractivity contribution in [1.82, 2.24) is 5.01 Å². The molecule has 9 nitrogen and oxygen atoms in total. The number of benzene rings is 3. The molecule has 3 aromatic carbocycles. The molecule has 0 saturated carbocycles. The third-order valence-electron chi connectivity index (χ3n) is 4.65. The standard InChI is InChI=1S/C20H12BrN3O6/c1-30-16-8-10(7-14(21)18(16)25)9-22-23-19(26)12-4-2-3-11-15(24(28)29)6-5-13(17(11)12)20(23)27/h2-9,25H,1H3/b22-9+. The van der Waals surface area contributed by atoms with Gasteiger partial charge < -0.3 is 9.84 Å². The number of phenolic OH excluding ortho intramolecular Hbond substituents is 1. The molecule has 0 aromatic heterocycles. The van der Waals surface area contributed by atoms with Crippen LogP contribution in [0.15, 0.2) is 52.0 Å². The zero-order valence-electron chi connectivity index (χ0n) is 15.3. The van der Waals surface area contributed by atoms with Crippen LogP contribution < -0.4 is 4.74 Å². The first-order chi connectivity index (χ1) is 14.3. The van der Waals surface area contributed by atoms with E-state index in [0.29, 0.717) is 15.0 Å². The van der Waals surface area contributed by atoms with Gasteiger partial charge in [-0.3, -0.25) is 19.7 Å². The predicted molar refractivity (Wildman–Crippen MR) is 111 cm³/mol. The number of hydrazone groups is 1. The minimum atomic E-state index is -0.695. The largest absolute Gasteiger partial charge is 0.503 e. The number of halogens is 1. The topological polar surface area (TPSA) is 122 Å². The maximum atomic E-state index is 12.9. The molecule has 0 atom stereocenters. The summed E-state index contributed by atoms with van der Waals surface area (Å²) in [6, 6.07) is 10.1. The number of hydrogen-bond donors (Lipinski definition) is 1. The van der Waals surface area contributed by atoms with Gasteiger partial charge in [-0.25, -0.2) is 0 Å². The number of nitrogens with zero attached hydrogens (tertiary/aromatic N) is 3. The Morgan fingerprint density at radius 3 is 2.53 bits per heavy atom. The smallest absolute Gasteiger partial charge is 0.282 e. The predicted octanol–water partition coefficient (Wildman–Crippen LogP) is 3.85. The molecule has 10 heteroatoms. The van der Waals surface area contributed by atoms with Crippen LogP contribution in [-0.4, -0.2) is 40.2 Å². The fourth-order valence-corrected chi connectivity index (χ4v) is 3.74. The van der Waals surface area contributed by atoms with Crippen LogP contribution >= 0.6 is 15.9 Å².